The molecule has 5 nitrogen and oxygen atoms in total. The summed E-state index contributed by atoms with van der Waals surface area (Å²) in [7, 11) is 0. The van der Waals surface area contributed by atoms with Gasteiger partial charge in [-0.15, -0.1) is 0 Å². The van der Waals surface area contributed by atoms with Crippen molar-refractivity contribution in [2.75, 3.05) is 6.61 Å². The van der Waals surface area contributed by atoms with Gasteiger partial charge in [0.05, 0.1) is 12.6 Å². The number of hydrogen-bond donors (Lipinski definition) is 2. The van der Waals surface area contributed by atoms with Gasteiger partial charge in [0.2, 0.25) is 0 Å². The summed E-state index contributed by atoms with van der Waals surface area (Å²) >= 11 is 5.91. The van der Waals surface area contributed by atoms with Gasteiger partial charge in [0.15, 0.2) is 5.78 Å². The Hall–Kier alpha value is -2.79. The molecule has 0 unspecified atom stereocenters. The molecule has 0 spiro atoms. The number of carbonyl (C=O) groups excluding carboxylic acids is 2. The predicted molar refractivity (Wildman–Crippen MR) is 101 cm³/mol. The van der Waals surface area contributed by atoms with Gasteiger partial charge in [0.25, 0.3) is 0 Å². The van der Waals surface area contributed by atoms with Crippen LogP contribution < -0.4 is 15.4 Å². The molecule has 0 fully saturated rings. The fraction of sp³-hybridized carbons (Fsp3) is 0.200. The zero-order chi connectivity index (χ0) is 18.7. The molecule has 0 aromatic heterocycles. The molecule has 6 heteroatoms. The van der Waals surface area contributed by atoms with Gasteiger partial charge in [-0.25, -0.2) is 4.79 Å². The lowest BCUT2D eigenvalue weighted by Gasteiger charge is -2.28. The van der Waals surface area contributed by atoms with E-state index >= 15 is 0 Å². The predicted octanol–water partition coefficient (Wildman–Crippen LogP) is 4.25. The molecule has 1 aliphatic heterocycles. The van der Waals surface area contributed by atoms with Gasteiger partial charge in [0.1, 0.15) is 5.75 Å². The summed E-state index contributed by atoms with van der Waals surface area (Å²) in [6.07, 6.45) is 0. The Morgan fingerprint density at radius 1 is 1.12 bits per heavy atom. The van der Waals surface area contributed by atoms with Gasteiger partial charge in [-0.3, -0.25) is 4.79 Å². The second-order valence-corrected chi connectivity index (χ2v) is 6.34. The number of ketones is 1. The average molecular weight is 371 g/mol. The second-order valence-electron chi connectivity index (χ2n) is 5.91. The summed E-state index contributed by atoms with van der Waals surface area (Å²) in [6.45, 7) is 4.21. The highest BCUT2D eigenvalue weighted by Gasteiger charge is 2.31. The van der Waals surface area contributed by atoms with Crippen LogP contribution in [-0.2, 0) is 0 Å². The number of hydrogen-bond acceptors (Lipinski definition) is 3. The molecule has 2 aromatic rings. The summed E-state index contributed by atoms with van der Waals surface area (Å²) < 4.78 is 5.45. The van der Waals surface area contributed by atoms with E-state index < -0.39 is 6.04 Å². The first-order valence-corrected chi connectivity index (χ1v) is 8.68. The van der Waals surface area contributed by atoms with E-state index in [0.29, 0.717) is 28.5 Å². The minimum Gasteiger partial charge on any atom is -0.494 e. The molecule has 3 rings (SSSR count). The van der Waals surface area contributed by atoms with E-state index in [1.54, 1.807) is 31.2 Å². The zero-order valence-corrected chi connectivity index (χ0v) is 15.3. The lowest BCUT2D eigenvalue weighted by atomic mass is 9.89. The first-order chi connectivity index (χ1) is 12.5. The van der Waals surface area contributed by atoms with Crippen molar-refractivity contribution in [3.8, 4) is 5.75 Å². The zero-order valence-electron chi connectivity index (χ0n) is 14.5. The number of rotatable bonds is 5. The van der Waals surface area contributed by atoms with E-state index in [2.05, 4.69) is 10.6 Å². The third-order valence-electron chi connectivity index (χ3n) is 4.14. The van der Waals surface area contributed by atoms with Gasteiger partial charge in [-0.1, -0.05) is 23.7 Å². The number of amides is 2. The van der Waals surface area contributed by atoms with Crippen LogP contribution in [0.15, 0.2) is 59.8 Å². The molecular weight excluding hydrogens is 352 g/mol. The topological polar surface area (TPSA) is 67.4 Å². The van der Waals surface area contributed by atoms with Gasteiger partial charge >= 0.3 is 6.03 Å². The van der Waals surface area contributed by atoms with Crippen LogP contribution in [-0.4, -0.2) is 18.4 Å². The normalized spacial score (nSPS) is 16.7. The van der Waals surface area contributed by atoms with Crippen molar-refractivity contribution in [1.29, 1.82) is 0 Å². The third-order valence-corrected chi connectivity index (χ3v) is 4.40. The van der Waals surface area contributed by atoms with E-state index in [-0.39, 0.29) is 11.8 Å². The Morgan fingerprint density at radius 2 is 1.77 bits per heavy atom. The van der Waals surface area contributed by atoms with Crippen LogP contribution in [0.4, 0.5) is 4.79 Å². The van der Waals surface area contributed by atoms with Crippen LogP contribution in [0, 0.1) is 0 Å². The molecule has 2 N–H and O–H groups in total. The number of halogens is 1. The maximum Gasteiger partial charge on any atom is 0.319 e. The van der Waals surface area contributed by atoms with Gasteiger partial charge in [0, 0.05) is 21.9 Å². The summed E-state index contributed by atoms with van der Waals surface area (Å²) in [4.78, 5) is 25.0. The van der Waals surface area contributed by atoms with E-state index in [1.165, 1.54) is 0 Å². The quantitative estimate of drug-likeness (QED) is 0.773. The first-order valence-electron chi connectivity index (χ1n) is 8.31. The lowest BCUT2D eigenvalue weighted by Crippen LogP contribution is -2.45. The average Bonchev–Trinajstić information content (AvgIpc) is 2.62. The largest absolute Gasteiger partial charge is 0.494 e. The number of allylic oxidation sites excluding steroid dienone is 1. The minimum atomic E-state index is -0.539. The van der Waals surface area contributed by atoms with E-state index in [1.807, 2.05) is 31.2 Å². The summed E-state index contributed by atoms with van der Waals surface area (Å²) in [5.74, 6) is 0.577. The number of carbonyl (C=O) groups is 2. The van der Waals surface area contributed by atoms with Crippen molar-refractivity contribution < 1.29 is 14.3 Å². The van der Waals surface area contributed by atoms with E-state index in [0.717, 1.165) is 11.3 Å². The number of ether oxygens (including phenoxy) is 1. The molecule has 1 heterocycles. The molecule has 0 saturated carbocycles. The molecule has 26 heavy (non-hydrogen) atoms. The Bertz CT molecular complexity index is 858. The summed E-state index contributed by atoms with van der Waals surface area (Å²) in [5.41, 5.74) is 2.35. The van der Waals surface area contributed by atoms with E-state index in [9.17, 15) is 9.59 Å². The van der Waals surface area contributed by atoms with Crippen molar-refractivity contribution in [2.24, 2.45) is 0 Å². The molecule has 1 atom stereocenters. The first kappa shape index (κ1) is 18.0. The third kappa shape index (κ3) is 3.73. The monoisotopic (exact) mass is 370 g/mol. The molecule has 1 aliphatic rings. The molecule has 134 valence electrons. The molecule has 0 bridgehead atoms. The molecule has 2 amide bonds. The molecule has 0 radical (unpaired) electrons. The maximum atomic E-state index is 13.1. The Morgan fingerprint density at radius 3 is 2.38 bits per heavy atom. The number of benzene rings is 2. The second kappa shape index (κ2) is 7.62. The van der Waals surface area contributed by atoms with E-state index in [4.69, 9.17) is 16.3 Å². The highest BCUT2D eigenvalue weighted by atomic mass is 35.5. The van der Waals surface area contributed by atoms with Crippen LogP contribution in [0.3, 0.4) is 0 Å². The Kier molecular flexibility index (Phi) is 5.28. The number of urea groups is 1. The highest BCUT2D eigenvalue weighted by Crippen LogP contribution is 2.30. The number of Topliss-reactive ketones (excluding diaryl/α,β-unsaturated/α-hetero) is 1. The van der Waals surface area contributed by atoms with Crippen molar-refractivity contribution in [3.63, 3.8) is 0 Å². The Balaban J connectivity index is 1.98. The Labute approximate surface area is 157 Å². The van der Waals surface area contributed by atoms with Crippen molar-refractivity contribution in [3.05, 3.63) is 76.0 Å². The van der Waals surface area contributed by atoms with Gasteiger partial charge < -0.3 is 15.4 Å². The smallest absolute Gasteiger partial charge is 0.319 e. The minimum absolute atomic E-state index is 0.162. The summed E-state index contributed by atoms with van der Waals surface area (Å²) in [5, 5.41) is 6.07. The van der Waals surface area contributed by atoms with Crippen molar-refractivity contribution >= 4 is 23.4 Å². The fourth-order valence-corrected chi connectivity index (χ4v) is 3.05. The van der Waals surface area contributed by atoms with Gasteiger partial charge in [-0.2, -0.15) is 0 Å². The number of nitrogens with one attached hydrogen (secondary N) is 2. The van der Waals surface area contributed by atoms with Crippen molar-refractivity contribution in [1.82, 2.24) is 10.6 Å². The highest BCUT2D eigenvalue weighted by molar-refractivity contribution is 6.30. The molecular formula is C20H19ClN2O3. The molecule has 0 saturated heterocycles. The molecule has 2 aromatic carbocycles. The van der Waals surface area contributed by atoms with Gasteiger partial charge in [-0.05, 0) is 55.8 Å². The SMILES string of the molecule is CCOc1ccc([C@@H]2NC(=O)NC(C)=C2C(=O)c2ccc(Cl)cc2)cc1. The lowest BCUT2D eigenvalue weighted by molar-refractivity contribution is 0.102. The fourth-order valence-electron chi connectivity index (χ4n) is 2.92. The standard InChI is InChI=1S/C20H19ClN2O3/c1-3-26-16-10-6-13(7-11-16)18-17(12(2)22-20(25)23-18)19(24)14-4-8-15(21)9-5-14/h4-11,18H,3H2,1-2H3,(H2,22,23,25)/t18-/m0/s1. The van der Waals surface area contributed by atoms with Crippen LogP contribution in [0.1, 0.15) is 35.8 Å². The summed E-state index contributed by atoms with van der Waals surface area (Å²) in [6, 6.07) is 13.2. The van der Waals surface area contributed by atoms with Crippen LogP contribution in [0.25, 0.3) is 0 Å². The van der Waals surface area contributed by atoms with Crippen LogP contribution in [0.5, 0.6) is 5.75 Å². The van der Waals surface area contributed by atoms with Crippen LogP contribution >= 0.6 is 11.6 Å². The van der Waals surface area contributed by atoms with Crippen LogP contribution in [0.2, 0.25) is 5.02 Å². The molecule has 0 aliphatic carbocycles. The maximum absolute atomic E-state index is 13.1. The van der Waals surface area contributed by atoms with Crippen molar-refractivity contribution in [2.45, 2.75) is 19.9 Å².